The summed E-state index contributed by atoms with van der Waals surface area (Å²) in [7, 11) is 0. The number of nitrogens with one attached hydrogen (secondary N) is 1. The van der Waals surface area contributed by atoms with Crippen molar-refractivity contribution in [3.05, 3.63) is 23.7 Å². The third-order valence-electron chi connectivity index (χ3n) is 3.71. The Labute approximate surface area is 98.4 Å². The van der Waals surface area contributed by atoms with Gasteiger partial charge in [0, 0.05) is 0 Å². The van der Waals surface area contributed by atoms with Crippen molar-refractivity contribution in [2.24, 2.45) is 5.92 Å². The predicted octanol–water partition coefficient (Wildman–Crippen LogP) is 3.65. The van der Waals surface area contributed by atoms with Crippen molar-refractivity contribution in [2.45, 2.75) is 52.0 Å². The van der Waals surface area contributed by atoms with E-state index in [2.05, 4.69) is 12.2 Å². The summed E-state index contributed by atoms with van der Waals surface area (Å²) in [5.74, 6) is 2.06. The van der Waals surface area contributed by atoms with Gasteiger partial charge >= 0.3 is 0 Å². The van der Waals surface area contributed by atoms with Crippen molar-refractivity contribution < 1.29 is 4.42 Å². The maximum absolute atomic E-state index is 5.39. The first-order valence-corrected chi connectivity index (χ1v) is 6.60. The van der Waals surface area contributed by atoms with E-state index >= 15 is 0 Å². The smallest absolute Gasteiger partial charge is 0.120 e. The molecule has 0 unspecified atom stereocenters. The van der Waals surface area contributed by atoms with Crippen LogP contribution in [-0.2, 0) is 6.54 Å². The van der Waals surface area contributed by atoms with Crippen molar-refractivity contribution in [2.75, 3.05) is 6.54 Å². The summed E-state index contributed by atoms with van der Waals surface area (Å²) in [5, 5.41) is 3.48. The maximum Gasteiger partial charge on any atom is 0.120 e. The molecular formula is C14H23NO. The topological polar surface area (TPSA) is 25.2 Å². The van der Waals surface area contributed by atoms with Crippen LogP contribution in [0.3, 0.4) is 0 Å². The average Bonchev–Trinajstić information content (AvgIpc) is 2.72. The second-order valence-corrected chi connectivity index (χ2v) is 5.00. The normalized spacial score (nSPS) is 17.8. The minimum Gasteiger partial charge on any atom is -0.468 e. The van der Waals surface area contributed by atoms with Gasteiger partial charge in [-0.15, -0.1) is 0 Å². The largest absolute Gasteiger partial charge is 0.468 e. The van der Waals surface area contributed by atoms with Crippen LogP contribution in [0.4, 0.5) is 0 Å². The first-order valence-electron chi connectivity index (χ1n) is 6.60. The van der Waals surface area contributed by atoms with Crippen molar-refractivity contribution in [3.63, 3.8) is 0 Å². The van der Waals surface area contributed by atoms with Crippen molar-refractivity contribution in [1.82, 2.24) is 5.32 Å². The Hall–Kier alpha value is -0.760. The summed E-state index contributed by atoms with van der Waals surface area (Å²) >= 11 is 0. The van der Waals surface area contributed by atoms with Gasteiger partial charge in [0.1, 0.15) is 5.76 Å². The summed E-state index contributed by atoms with van der Waals surface area (Å²) < 4.78 is 5.39. The Balaban J connectivity index is 1.59. The fourth-order valence-corrected chi connectivity index (χ4v) is 2.57. The third kappa shape index (κ3) is 3.38. The Morgan fingerprint density at radius 3 is 2.81 bits per heavy atom. The van der Waals surface area contributed by atoms with Gasteiger partial charge in [0.2, 0.25) is 0 Å². The van der Waals surface area contributed by atoms with Gasteiger partial charge in [0.25, 0.3) is 0 Å². The molecule has 16 heavy (non-hydrogen) atoms. The lowest BCUT2D eigenvalue weighted by atomic mass is 9.87. The summed E-state index contributed by atoms with van der Waals surface area (Å²) in [6.45, 7) is 4.11. The maximum atomic E-state index is 5.39. The molecule has 0 amide bonds. The van der Waals surface area contributed by atoms with Gasteiger partial charge in [-0.2, -0.15) is 0 Å². The molecule has 1 aliphatic carbocycles. The number of rotatable bonds is 5. The number of hydrogen-bond donors (Lipinski definition) is 1. The van der Waals surface area contributed by atoms with E-state index in [1.54, 1.807) is 6.26 Å². The predicted molar refractivity (Wildman–Crippen MR) is 66.3 cm³/mol. The van der Waals surface area contributed by atoms with E-state index in [1.807, 2.05) is 6.07 Å². The van der Waals surface area contributed by atoms with Crippen LogP contribution in [-0.4, -0.2) is 6.54 Å². The molecule has 1 aliphatic rings. The molecular weight excluding hydrogens is 198 g/mol. The van der Waals surface area contributed by atoms with E-state index in [-0.39, 0.29) is 0 Å². The van der Waals surface area contributed by atoms with Crippen molar-refractivity contribution >= 4 is 0 Å². The van der Waals surface area contributed by atoms with Crippen LogP contribution in [0, 0.1) is 12.8 Å². The Morgan fingerprint density at radius 2 is 2.12 bits per heavy atom. The van der Waals surface area contributed by atoms with Gasteiger partial charge in [0.05, 0.1) is 12.8 Å². The van der Waals surface area contributed by atoms with Gasteiger partial charge in [-0.05, 0) is 37.4 Å². The lowest BCUT2D eigenvalue weighted by molar-refractivity contribution is 0.331. The van der Waals surface area contributed by atoms with Gasteiger partial charge in [-0.3, -0.25) is 0 Å². The fraction of sp³-hybridized carbons (Fsp3) is 0.714. The van der Waals surface area contributed by atoms with E-state index in [4.69, 9.17) is 4.42 Å². The zero-order valence-corrected chi connectivity index (χ0v) is 10.3. The molecule has 0 aromatic carbocycles. The Bertz CT molecular complexity index is 299. The first kappa shape index (κ1) is 11.7. The van der Waals surface area contributed by atoms with Gasteiger partial charge in [0.15, 0.2) is 0 Å². The van der Waals surface area contributed by atoms with Crippen LogP contribution in [0.1, 0.15) is 49.8 Å². The van der Waals surface area contributed by atoms with Crippen LogP contribution in [0.15, 0.2) is 16.7 Å². The van der Waals surface area contributed by atoms with Crippen molar-refractivity contribution in [1.29, 1.82) is 0 Å². The first-order chi connectivity index (χ1) is 7.86. The molecule has 1 aromatic rings. The molecule has 1 fully saturated rings. The molecule has 1 aromatic heterocycles. The number of furan rings is 1. The number of aryl methyl sites for hydroxylation is 1. The van der Waals surface area contributed by atoms with E-state index in [1.165, 1.54) is 44.1 Å². The van der Waals surface area contributed by atoms with Crippen LogP contribution in [0.5, 0.6) is 0 Å². The highest BCUT2D eigenvalue weighted by Crippen LogP contribution is 2.25. The SMILES string of the molecule is Cc1ccoc1CNCCC1CCCCC1. The van der Waals surface area contributed by atoms with E-state index in [9.17, 15) is 0 Å². The Morgan fingerprint density at radius 1 is 1.31 bits per heavy atom. The van der Waals surface area contributed by atoms with Crippen molar-refractivity contribution in [3.8, 4) is 0 Å². The highest BCUT2D eigenvalue weighted by molar-refractivity contribution is 5.13. The lowest BCUT2D eigenvalue weighted by Crippen LogP contribution is -2.19. The van der Waals surface area contributed by atoms with Gasteiger partial charge in [-0.25, -0.2) is 0 Å². The second kappa shape index (κ2) is 6.09. The number of hydrogen-bond acceptors (Lipinski definition) is 2. The van der Waals surface area contributed by atoms with Crippen LogP contribution < -0.4 is 5.32 Å². The molecule has 0 atom stereocenters. The standard InChI is InChI=1S/C14H23NO/c1-12-8-10-16-14(12)11-15-9-7-13-5-3-2-4-6-13/h8,10,13,15H,2-7,9,11H2,1H3. The molecule has 0 radical (unpaired) electrons. The van der Waals surface area contributed by atoms with Gasteiger partial charge < -0.3 is 9.73 Å². The van der Waals surface area contributed by atoms with E-state index < -0.39 is 0 Å². The summed E-state index contributed by atoms with van der Waals surface area (Å²) in [5.41, 5.74) is 1.25. The van der Waals surface area contributed by atoms with Crippen LogP contribution in [0.25, 0.3) is 0 Å². The van der Waals surface area contributed by atoms with E-state index in [0.29, 0.717) is 0 Å². The van der Waals surface area contributed by atoms with Gasteiger partial charge in [-0.1, -0.05) is 32.1 Å². The Kier molecular flexibility index (Phi) is 4.46. The monoisotopic (exact) mass is 221 g/mol. The third-order valence-corrected chi connectivity index (χ3v) is 3.71. The minimum absolute atomic E-state index is 0.881. The highest BCUT2D eigenvalue weighted by atomic mass is 16.3. The summed E-state index contributed by atoms with van der Waals surface area (Å²) in [4.78, 5) is 0. The average molecular weight is 221 g/mol. The molecule has 90 valence electrons. The highest BCUT2D eigenvalue weighted by Gasteiger charge is 2.12. The fourth-order valence-electron chi connectivity index (χ4n) is 2.57. The lowest BCUT2D eigenvalue weighted by Gasteiger charge is -2.21. The van der Waals surface area contributed by atoms with Crippen LogP contribution in [0.2, 0.25) is 0 Å². The minimum atomic E-state index is 0.881. The zero-order chi connectivity index (χ0) is 11.2. The molecule has 1 saturated carbocycles. The van der Waals surface area contributed by atoms with Crippen LogP contribution >= 0.6 is 0 Å². The molecule has 1 N–H and O–H groups in total. The summed E-state index contributed by atoms with van der Waals surface area (Å²) in [6, 6.07) is 2.03. The zero-order valence-electron chi connectivity index (χ0n) is 10.3. The quantitative estimate of drug-likeness (QED) is 0.768. The molecule has 0 spiro atoms. The molecule has 2 rings (SSSR count). The molecule has 2 heteroatoms. The second-order valence-electron chi connectivity index (χ2n) is 5.00. The molecule has 0 saturated heterocycles. The molecule has 0 bridgehead atoms. The summed E-state index contributed by atoms with van der Waals surface area (Å²) in [6.07, 6.45) is 10.3. The molecule has 0 aliphatic heterocycles. The van der Waals surface area contributed by atoms with E-state index in [0.717, 1.165) is 24.8 Å². The molecule has 2 nitrogen and oxygen atoms in total. The molecule has 1 heterocycles.